The highest BCUT2D eigenvalue weighted by atomic mass is 35.5. The van der Waals surface area contributed by atoms with Gasteiger partial charge in [-0.25, -0.2) is 0 Å². The van der Waals surface area contributed by atoms with Crippen LogP contribution >= 0.6 is 36.4 Å². The first-order valence-corrected chi connectivity index (χ1v) is 7.89. The van der Waals surface area contributed by atoms with E-state index in [0.717, 1.165) is 30.9 Å². The largest absolute Gasteiger partial charge is 0.490 e. The molecule has 3 nitrogen and oxygen atoms in total. The van der Waals surface area contributed by atoms with Crippen molar-refractivity contribution in [3.8, 4) is 5.75 Å². The molecule has 1 aromatic carbocycles. The molecule has 2 bridgehead atoms. The van der Waals surface area contributed by atoms with Crippen molar-refractivity contribution in [1.82, 2.24) is 4.90 Å². The zero-order valence-corrected chi connectivity index (χ0v) is 15.2. The molecule has 126 valence electrons. The maximum atomic E-state index is 6.23. The summed E-state index contributed by atoms with van der Waals surface area (Å²) in [5.41, 5.74) is 7.33. The lowest BCUT2D eigenvalue weighted by Gasteiger charge is -2.36. The number of likely N-dealkylation sites (tertiary alicyclic amines) is 1. The molecule has 0 aromatic heterocycles. The number of nitrogens with two attached hydrogens (primary N) is 1. The average Bonchev–Trinajstić information content (AvgIpc) is 2.64. The summed E-state index contributed by atoms with van der Waals surface area (Å²) in [6.45, 7) is 5.94. The molecular formula is C16H25Cl3N2O. The van der Waals surface area contributed by atoms with Crippen molar-refractivity contribution in [2.45, 2.75) is 25.8 Å². The molecule has 1 aromatic rings. The van der Waals surface area contributed by atoms with Gasteiger partial charge in [-0.05, 0) is 43.2 Å². The van der Waals surface area contributed by atoms with Crippen LogP contribution in [-0.2, 0) is 0 Å². The van der Waals surface area contributed by atoms with Gasteiger partial charge < -0.3 is 10.5 Å². The number of para-hydroxylation sites is 1. The van der Waals surface area contributed by atoms with Crippen LogP contribution in [-0.4, -0.2) is 37.2 Å². The average molecular weight is 368 g/mol. The highest BCUT2D eigenvalue weighted by molar-refractivity contribution is 6.32. The topological polar surface area (TPSA) is 38.5 Å². The van der Waals surface area contributed by atoms with Gasteiger partial charge in [-0.3, -0.25) is 4.90 Å². The summed E-state index contributed by atoms with van der Waals surface area (Å²) in [5, 5.41) is 0.700. The van der Waals surface area contributed by atoms with Gasteiger partial charge in [0.15, 0.2) is 0 Å². The molecular weight excluding hydrogens is 343 g/mol. The number of hydrogen-bond acceptors (Lipinski definition) is 3. The molecule has 3 atom stereocenters. The molecule has 1 aliphatic heterocycles. The first-order chi connectivity index (χ1) is 9.65. The van der Waals surface area contributed by atoms with E-state index in [2.05, 4.69) is 4.90 Å². The molecule has 1 heterocycles. The van der Waals surface area contributed by atoms with Gasteiger partial charge in [0, 0.05) is 25.7 Å². The standard InChI is InChI=1S/C16H23ClN2O.2ClH/c1-11-3-2-4-14(17)16(11)20-8-7-19-9-12-5-6-13(10-19)15(12)18;;/h2-4,12-13,15H,5-10,18H2,1H3;2*1H/t12-,13+,15?;;. The number of hydrogen-bond donors (Lipinski definition) is 1. The molecule has 0 radical (unpaired) electrons. The zero-order chi connectivity index (χ0) is 14.1. The van der Waals surface area contributed by atoms with Crippen LogP contribution in [0.3, 0.4) is 0 Å². The highest BCUT2D eigenvalue weighted by Crippen LogP contribution is 2.35. The Morgan fingerprint density at radius 2 is 1.86 bits per heavy atom. The van der Waals surface area contributed by atoms with E-state index in [0.29, 0.717) is 29.5 Å². The van der Waals surface area contributed by atoms with Crippen molar-refractivity contribution < 1.29 is 4.74 Å². The first-order valence-electron chi connectivity index (χ1n) is 7.51. The van der Waals surface area contributed by atoms with Crippen molar-refractivity contribution in [1.29, 1.82) is 0 Å². The van der Waals surface area contributed by atoms with E-state index in [4.69, 9.17) is 22.1 Å². The Hall–Kier alpha value is -0.190. The molecule has 1 aliphatic carbocycles. The smallest absolute Gasteiger partial charge is 0.140 e. The van der Waals surface area contributed by atoms with Crippen LogP contribution in [0.1, 0.15) is 18.4 Å². The Kier molecular flexibility index (Phi) is 7.76. The lowest BCUT2D eigenvalue weighted by Crippen LogP contribution is -2.49. The lowest BCUT2D eigenvalue weighted by molar-refractivity contribution is 0.126. The molecule has 1 saturated heterocycles. The van der Waals surface area contributed by atoms with E-state index in [1.54, 1.807) is 0 Å². The van der Waals surface area contributed by atoms with Crippen molar-refractivity contribution in [2.24, 2.45) is 17.6 Å². The summed E-state index contributed by atoms with van der Waals surface area (Å²) in [7, 11) is 0. The summed E-state index contributed by atoms with van der Waals surface area (Å²) < 4.78 is 5.88. The maximum Gasteiger partial charge on any atom is 0.140 e. The van der Waals surface area contributed by atoms with Gasteiger partial charge in [0.25, 0.3) is 0 Å². The van der Waals surface area contributed by atoms with Gasteiger partial charge in [-0.2, -0.15) is 0 Å². The summed E-state index contributed by atoms with van der Waals surface area (Å²) >= 11 is 6.17. The van der Waals surface area contributed by atoms with Gasteiger partial charge in [-0.15, -0.1) is 24.8 Å². The van der Waals surface area contributed by atoms with Gasteiger partial charge in [0.2, 0.25) is 0 Å². The Balaban J connectivity index is 0.00000121. The number of ether oxygens (including phenoxy) is 1. The van der Waals surface area contributed by atoms with Crippen LogP contribution < -0.4 is 10.5 Å². The molecule has 2 aliphatic rings. The van der Waals surface area contributed by atoms with Crippen molar-refractivity contribution in [3.63, 3.8) is 0 Å². The van der Waals surface area contributed by atoms with Crippen molar-refractivity contribution in [2.75, 3.05) is 26.2 Å². The van der Waals surface area contributed by atoms with E-state index in [9.17, 15) is 0 Å². The Labute approximate surface area is 150 Å². The number of piperidine rings is 1. The quantitative estimate of drug-likeness (QED) is 0.884. The predicted molar refractivity (Wildman–Crippen MR) is 96.8 cm³/mol. The van der Waals surface area contributed by atoms with E-state index in [-0.39, 0.29) is 24.8 Å². The highest BCUT2D eigenvalue weighted by Gasteiger charge is 2.39. The number of fused-ring (bicyclic) bond motifs is 2. The van der Waals surface area contributed by atoms with Crippen LogP contribution in [0.15, 0.2) is 18.2 Å². The summed E-state index contributed by atoms with van der Waals surface area (Å²) in [6, 6.07) is 6.29. The molecule has 3 rings (SSSR count). The van der Waals surface area contributed by atoms with Crippen molar-refractivity contribution in [3.05, 3.63) is 28.8 Å². The lowest BCUT2D eigenvalue weighted by atomic mass is 9.93. The molecule has 6 heteroatoms. The zero-order valence-electron chi connectivity index (χ0n) is 12.8. The number of benzene rings is 1. The van der Waals surface area contributed by atoms with Gasteiger partial charge in [0.05, 0.1) is 5.02 Å². The minimum atomic E-state index is 0. The van der Waals surface area contributed by atoms with Crippen LogP contribution in [0.5, 0.6) is 5.75 Å². The number of nitrogens with zero attached hydrogens (tertiary/aromatic N) is 1. The summed E-state index contributed by atoms with van der Waals surface area (Å²) in [6.07, 6.45) is 2.60. The van der Waals surface area contributed by atoms with E-state index in [1.807, 2.05) is 25.1 Å². The van der Waals surface area contributed by atoms with Gasteiger partial charge in [0.1, 0.15) is 12.4 Å². The van der Waals surface area contributed by atoms with E-state index in [1.165, 1.54) is 12.8 Å². The second kappa shape index (κ2) is 8.60. The second-order valence-electron chi connectivity index (χ2n) is 6.17. The number of rotatable bonds is 4. The molecule has 0 amide bonds. The van der Waals surface area contributed by atoms with Crippen LogP contribution in [0.25, 0.3) is 0 Å². The fourth-order valence-electron chi connectivity index (χ4n) is 3.62. The fourth-order valence-corrected chi connectivity index (χ4v) is 3.90. The molecule has 2 N–H and O–H groups in total. The molecule has 1 saturated carbocycles. The van der Waals surface area contributed by atoms with E-state index >= 15 is 0 Å². The first kappa shape index (κ1) is 19.9. The second-order valence-corrected chi connectivity index (χ2v) is 6.58. The third kappa shape index (κ3) is 4.21. The Bertz CT molecular complexity index is 452. The normalized spacial score (nSPS) is 27.0. The molecule has 0 spiro atoms. The minimum Gasteiger partial charge on any atom is -0.490 e. The fraction of sp³-hybridized carbons (Fsp3) is 0.625. The molecule has 22 heavy (non-hydrogen) atoms. The SMILES string of the molecule is Cc1cccc(Cl)c1OCCN1C[C@H]2CC[C@@H](C1)C2N.Cl.Cl. The summed E-state index contributed by atoms with van der Waals surface area (Å²) in [4.78, 5) is 2.50. The maximum absolute atomic E-state index is 6.23. The molecule has 1 unspecified atom stereocenters. The number of halogens is 3. The Morgan fingerprint density at radius 3 is 2.45 bits per heavy atom. The van der Waals surface area contributed by atoms with E-state index < -0.39 is 0 Å². The summed E-state index contributed by atoms with van der Waals surface area (Å²) in [5.74, 6) is 2.21. The van der Waals surface area contributed by atoms with Gasteiger partial charge in [-0.1, -0.05) is 23.7 Å². The predicted octanol–water partition coefficient (Wildman–Crippen LogP) is 3.54. The number of aryl methyl sites for hydroxylation is 1. The third-order valence-electron chi connectivity index (χ3n) is 4.80. The molecule has 2 fully saturated rings. The van der Waals surface area contributed by atoms with Crippen LogP contribution in [0.4, 0.5) is 0 Å². The monoisotopic (exact) mass is 366 g/mol. The van der Waals surface area contributed by atoms with Gasteiger partial charge >= 0.3 is 0 Å². The third-order valence-corrected chi connectivity index (χ3v) is 5.10. The van der Waals surface area contributed by atoms with Crippen molar-refractivity contribution >= 4 is 36.4 Å². The van der Waals surface area contributed by atoms with Crippen LogP contribution in [0.2, 0.25) is 5.02 Å². The van der Waals surface area contributed by atoms with Crippen LogP contribution in [0, 0.1) is 18.8 Å². The minimum absolute atomic E-state index is 0. The Morgan fingerprint density at radius 1 is 1.23 bits per heavy atom.